The number of aryl methyl sites for hydroxylation is 1. The molecular weight excluding hydrogens is 176 g/mol. The molecule has 0 aliphatic rings. The summed E-state index contributed by atoms with van der Waals surface area (Å²) < 4.78 is 0. The summed E-state index contributed by atoms with van der Waals surface area (Å²) in [5.74, 6) is 0.469. The van der Waals surface area contributed by atoms with Crippen LogP contribution in [0.15, 0.2) is 30.9 Å². The van der Waals surface area contributed by atoms with E-state index in [9.17, 15) is 0 Å². The molecule has 0 fully saturated rings. The predicted molar refractivity (Wildman–Crippen MR) is 54.4 cm³/mol. The van der Waals surface area contributed by atoms with Gasteiger partial charge in [-0.05, 0) is 18.6 Å². The predicted octanol–water partition coefficient (Wildman–Crippen LogP) is 1.43. The maximum absolute atomic E-state index is 5.56. The highest BCUT2D eigenvalue weighted by Crippen LogP contribution is 2.17. The van der Waals surface area contributed by atoms with Crippen molar-refractivity contribution in [1.82, 2.24) is 15.0 Å². The molecule has 0 atom stereocenters. The maximum atomic E-state index is 5.56. The van der Waals surface area contributed by atoms with E-state index in [0.717, 1.165) is 16.8 Å². The van der Waals surface area contributed by atoms with E-state index in [1.54, 1.807) is 18.5 Å². The van der Waals surface area contributed by atoms with Gasteiger partial charge < -0.3 is 5.73 Å². The number of aromatic nitrogens is 3. The fourth-order valence-electron chi connectivity index (χ4n) is 1.23. The molecular formula is C10H10N4. The number of hydrogen-bond acceptors (Lipinski definition) is 4. The first kappa shape index (κ1) is 8.62. The number of pyridine rings is 1. The zero-order chi connectivity index (χ0) is 9.97. The van der Waals surface area contributed by atoms with E-state index in [2.05, 4.69) is 15.0 Å². The highest BCUT2D eigenvalue weighted by molar-refractivity contribution is 5.60. The topological polar surface area (TPSA) is 64.7 Å². The van der Waals surface area contributed by atoms with E-state index in [1.165, 1.54) is 6.33 Å². The summed E-state index contributed by atoms with van der Waals surface area (Å²) in [4.78, 5) is 12.0. The average molecular weight is 186 g/mol. The van der Waals surface area contributed by atoms with Crippen molar-refractivity contribution in [3.63, 3.8) is 0 Å². The molecule has 0 aromatic carbocycles. The average Bonchev–Trinajstić information content (AvgIpc) is 2.18. The molecule has 0 saturated carbocycles. The molecule has 0 radical (unpaired) electrons. The fraction of sp³-hybridized carbons (Fsp3) is 0.100. The van der Waals surface area contributed by atoms with Crippen molar-refractivity contribution < 1.29 is 0 Å². The van der Waals surface area contributed by atoms with Gasteiger partial charge in [0.1, 0.15) is 12.1 Å². The maximum Gasteiger partial charge on any atom is 0.127 e. The van der Waals surface area contributed by atoms with E-state index in [4.69, 9.17) is 5.73 Å². The normalized spacial score (nSPS) is 10.1. The van der Waals surface area contributed by atoms with Gasteiger partial charge in [-0.1, -0.05) is 0 Å². The minimum atomic E-state index is 0.469. The molecule has 0 saturated heterocycles. The fourth-order valence-corrected chi connectivity index (χ4v) is 1.23. The van der Waals surface area contributed by atoms with Crippen LogP contribution >= 0.6 is 0 Å². The number of nitrogens with zero attached hydrogens (tertiary/aromatic N) is 3. The van der Waals surface area contributed by atoms with Gasteiger partial charge in [0.15, 0.2) is 0 Å². The first-order valence-electron chi connectivity index (χ1n) is 4.25. The van der Waals surface area contributed by atoms with Crippen molar-refractivity contribution in [2.24, 2.45) is 0 Å². The highest BCUT2D eigenvalue weighted by Gasteiger charge is 2.00. The third-order valence-corrected chi connectivity index (χ3v) is 1.86. The Morgan fingerprint density at radius 2 is 2.00 bits per heavy atom. The summed E-state index contributed by atoms with van der Waals surface area (Å²) in [7, 11) is 0. The van der Waals surface area contributed by atoms with Crippen molar-refractivity contribution in [3.05, 3.63) is 36.4 Å². The van der Waals surface area contributed by atoms with Gasteiger partial charge in [0, 0.05) is 24.0 Å². The second-order valence-electron chi connectivity index (χ2n) is 3.08. The SMILES string of the molecule is Cc1cncc(-c2cc(N)ncn2)c1. The summed E-state index contributed by atoms with van der Waals surface area (Å²) in [6, 6.07) is 3.74. The minimum absolute atomic E-state index is 0.469. The Kier molecular flexibility index (Phi) is 2.10. The molecule has 0 bridgehead atoms. The van der Waals surface area contributed by atoms with Gasteiger partial charge in [-0.15, -0.1) is 0 Å². The van der Waals surface area contributed by atoms with Gasteiger partial charge in [0.25, 0.3) is 0 Å². The van der Waals surface area contributed by atoms with Crippen molar-refractivity contribution >= 4 is 5.82 Å². The number of rotatable bonds is 1. The third-order valence-electron chi connectivity index (χ3n) is 1.86. The summed E-state index contributed by atoms with van der Waals surface area (Å²) in [6.07, 6.45) is 5.01. The minimum Gasteiger partial charge on any atom is -0.384 e. The molecule has 4 nitrogen and oxygen atoms in total. The molecule has 2 aromatic heterocycles. The van der Waals surface area contributed by atoms with Crippen LogP contribution in [0.2, 0.25) is 0 Å². The lowest BCUT2D eigenvalue weighted by Gasteiger charge is -2.01. The summed E-state index contributed by atoms with van der Waals surface area (Å²) in [6.45, 7) is 1.99. The third kappa shape index (κ3) is 1.69. The Balaban J connectivity index is 2.49. The highest BCUT2D eigenvalue weighted by atomic mass is 14.9. The Morgan fingerprint density at radius 3 is 2.71 bits per heavy atom. The van der Waals surface area contributed by atoms with Gasteiger partial charge in [0.2, 0.25) is 0 Å². The molecule has 0 aliphatic carbocycles. The quantitative estimate of drug-likeness (QED) is 0.731. The van der Waals surface area contributed by atoms with Gasteiger partial charge >= 0.3 is 0 Å². The molecule has 2 aromatic rings. The van der Waals surface area contributed by atoms with E-state index < -0.39 is 0 Å². The summed E-state index contributed by atoms with van der Waals surface area (Å²) in [5, 5.41) is 0. The molecule has 0 spiro atoms. The molecule has 0 aliphatic heterocycles. The lowest BCUT2D eigenvalue weighted by Crippen LogP contribution is -1.93. The van der Waals surface area contributed by atoms with Crippen molar-refractivity contribution in [2.75, 3.05) is 5.73 Å². The molecule has 0 unspecified atom stereocenters. The number of nitrogen functional groups attached to an aromatic ring is 1. The van der Waals surface area contributed by atoms with Gasteiger partial charge in [-0.3, -0.25) is 4.98 Å². The number of hydrogen-bond donors (Lipinski definition) is 1. The molecule has 0 amide bonds. The van der Waals surface area contributed by atoms with Crippen LogP contribution in [0.3, 0.4) is 0 Å². The van der Waals surface area contributed by atoms with Gasteiger partial charge in [-0.25, -0.2) is 9.97 Å². The van der Waals surface area contributed by atoms with Crippen molar-refractivity contribution in [1.29, 1.82) is 0 Å². The smallest absolute Gasteiger partial charge is 0.127 e. The second kappa shape index (κ2) is 3.41. The molecule has 2 rings (SSSR count). The standard InChI is InChI=1S/C10H10N4/c1-7-2-8(5-12-4-7)9-3-10(11)14-6-13-9/h2-6H,1H3,(H2,11,13,14). The molecule has 2 heterocycles. The van der Waals surface area contributed by atoms with Crippen LogP contribution in [0.25, 0.3) is 11.3 Å². The van der Waals surface area contributed by atoms with Crippen LogP contribution in [0.4, 0.5) is 5.82 Å². The Morgan fingerprint density at radius 1 is 1.14 bits per heavy atom. The Hall–Kier alpha value is -1.97. The van der Waals surface area contributed by atoms with Crippen molar-refractivity contribution in [2.45, 2.75) is 6.92 Å². The van der Waals surface area contributed by atoms with Crippen LogP contribution in [0.5, 0.6) is 0 Å². The van der Waals surface area contributed by atoms with Crippen LogP contribution in [-0.2, 0) is 0 Å². The van der Waals surface area contributed by atoms with Crippen LogP contribution in [0.1, 0.15) is 5.56 Å². The van der Waals surface area contributed by atoms with E-state index in [1.807, 2.05) is 13.0 Å². The molecule has 70 valence electrons. The zero-order valence-corrected chi connectivity index (χ0v) is 7.81. The van der Waals surface area contributed by atoms with E-state index in [0.29, 0.717) is 5.82 Å². The largest absolute Gasteiger partial charge is 0.384 e. The molecule has 14 heavy (non-hydrogen) atoms. The zero-order valence-electron chi connectivity index (χ0n) is 7.81. The first-order chi connectivity index (χ1) is 6.75. The molecule has 4 heteroatoms. The molecule has 2 N–H and O–H groups in total. The van der Waals surface area contributed by atoms with Crippen LogP contribution in [0, 0.1) is 6.92 Å². The Bertz CT molecular complexity index is 410. The monoisotopic (exact) mass is 186 g/mol. The first-order valence-corrected chi connectivity index (χ1v) is 4.25. The Labute approximate surface area is 81.9 Å². The lowest BCUT2D eigenvalue weighted by molar-refractivity contribution is 1.17. The summed E-state index contributed by atoms with van der Waals surface area (Å²) in [5.41, 5.74) is 8.42. The van der Waals surface area contributed by atoms with E-state index >= 15 is 0 Å². The van der Waals surface area contributed by atoms with Gasteiger partial charge in [-0.2, -0.15) is 0 Å². The number of nitrogens with two attached hydrogens (primary N) is 1. The van der Waals surface area contributed by atoms with Crippen molar-refractivity contribution in [3.8, 4) is 11.3 Å². The summed E-state index contributed by atoms with van der Waals surface area (Å²) >= 11 is 0. The van der Waals surface area contributed by atoms with Crippen LogP contribution in [-0.4, -0.2) is 15.0 Å². The number of anilines is 1. The van der Waals surface area contributed by atoms with Crippen LogP contribution < -0.4 is 5.73 Å². The van der Waals surface area contributed by atoms with Gasteiger partial charge in [0.05, 0.1) is 5.69 Å². The second-order valence-corrected chi connectivity index (χ2v) is 3.08. The lowest BCUT2D eigenvalue weighted by atomic mass is 10.1. The van der Waals surface area contributed by atoms with E-state index in [-0.39, 0.29) is 0 Å².